The first-order chi connectivity index (χ1) is 7.84. The number of thioether (sulfide) groups is 1. The highest BCUT2D eigenvalue weighted by Gasteiger charge is 2.09. The number of aryl methyl sites for hydroxylation is 1. The fourth-order valence-electron chi connectivity index (χ4n) is 1.57. The minimum absolute atomic E-state index is 0.870. The zero-order valence-corrected chi connectivity index (χ0v) is 10.4. The van der Waals surface area contributed by atoms with E-state index in [0.29, 0.717) is 0 Å². The van der Waals surface area contributed by atoms with Crippen LogP contribution in [-0.4, -0.2) is 53.7 Å². The van der Waals surface area contributed by atoms with Crippen molar-refractivity contribution in [3.05, 3.63) is 17.8 Å². The van der Waals surface area contributed by atoms with E-state index in [2.05, 4.69) is 15.1 Å². The molecule has 0 N–H and O–H groups in total. The molecule has 0 spiro atoms. The van der Waals surface area contributed by atoms with Crippen molar-refractivity contribution in [3.63, 3.8) is 0 Å². The topological polar surface area (TPSA) is 38.2 Å². The third kappa shape index (κ3) is 3.73. The van der Waals surface area contributed by atoms with E-state index in [4.69, 9.17) is 4.74 Å². The van der Waals surface area contributed by atoms with Crippen LogP contribution < -0.4 is 0 Å². The molecule has 0 atom stereocenters. The number of hydrogen-bond acceptors (Lipinski definition) is 5. The summed E-state index contributed by atoms with van der Waals surface area (Å²) in [5.74, 6) is 1.07. The Morgan fingerprint density at radius 1 is 1.31 bits per heavy atom. The second-order valence-corrected chi connectivity index (χ2v) is 4.93. The quantitative estimate of drug-likeness (QED) is 0.738. The standard InChI is InChI=1S/C11H17N3OS/c1-10-2-3-11(13-12-10)16-9-6-14-4-7-15-8-5-14/h2-3H,4-9H2,1H3. The summed E-state index contributed by atoms with van der Waals surface area (Å²) in [5.41, 5.74) is 0.970. The zero-order chi connectivity index (χ0) is 11.2. The zero-order valence-electron chi connectivity index (χ0n) is 9.56. The van der Waals surface area contributed by atoms with Crippen molar-refractivity contribution in [2.45, 2.75) is 11.9 Å². The monoisotopic (exact) mass is 239 g/mol. The molecule has 1 saturated heterocycles. The van der Waals surface area contributed by atoms with Gasteiger partial charge in [0.1, 0.15) is 5.03 Å². The molecular weight excluding hydrogens is 222 g/mol. The van der Waals surface area contributed by atoms with E-state index in [1.54, 1.807) is 11.8 Å². The van der Waals surface area contributed by atoms with Gasteiger partial charge in [-0.05, 0) is 19.1 Å². The Morgan fingerprint density at radius 2 is 2.12 bits per heavy atom. The van der Waals surface area contributed by atoms with Gasteiger partial charge in [-0.1, -0.05) is 0 Å². The van der Waals surface area contributed by atoms with Gasteiger partial charge in [0.15, 0.2) is 0 Å². The van der Waals surface area contributed by atoms with Crippen molar-refractivity contribution < 1.29 is 4.74 Å². The second-order valence-electron chi connectivity index (χ2n) is 3.82. The molecule has 2 heterocycles. The highest BCUT2D eigenvalue weighted by molar-refractivity contribution is 7.99. The molecule has 0 unspecified atom stereocenters. The van der Waals surface area contributed by atoms with Gasteiger partial charge in [-0.25, -0.2) is 0 Å². The smallest absolute Gasteiger partial charge is 0.119 e. The number of morpholine rings is 1. The summed E-state index contributed by atoms with van der Waals surface area (Å²) in [7, 11) is 0. The second kappa shape index (κ2) is 6.18. The molecule has 0 radical (unpaired) electrons. The lowest BCUT2D eigenvalue weighted by Gasteiger charge is -2.26. The number of hydrogen-bond donors (Lipinski definition) is 0. The fraction of sp³-hybridized carbons (Fsp3) is 0.636. The van der Waals surface area contributed by atoms with Crippen LogP contribution in [0.5, 0.6) is 0 Å². The minimum Gasteiger partial charge on any atom is -0.379 e. The van der Waals surface area contributed by atoms with Crippen LogP contribution in [-0.2, 0) is 4.74 Å². The van der Waals surface area contributed by atoms with Crippen LogP contribution in [0.25, 0.3) is 0 Å². The summed E-state index contributed by atoms with van der Waals surface area (Å²) in [6, 6.07) is 4.04. The van der Waals surface area contributed by atoms with Gasteiger partial charge < -0.3 is 4.74 Å². The van der Waals surface area contributed by atoms with Crippen molar-refractivity contribution in [1.29, 1.82) is 0 Å². The van der Waals surface area contributed by atoms with E-state index < -0.39 is 0 Å². The van der Waals surface area contributed by atoms with Gasteiger partial charge in [0.25, 0.3) is 0 Å². The molecule has 1 aliphatic rings. The van der Waals surface area contributed by atoms with Gasteiger partial charge in [-0.3, -0.25) is 4.90 Å². The Morgan fingerprint density at radius 3 is 2.81 bits per heavy atom. The van der Waals surface area contributed by atoms with Crippen molar-refractivity contribution in [3.8, 4) is 0 Å². The van der Waals surface area contributed by atoms with Gasteiger partial charge in [0.05, 0.1) is 18.9 Å². The predicted molar refractivity (Wildman–Crippen MR) is 64.8 cm³/mol. The number of aromatic nitrogens is 2. The molecule has 16 heavy (non-hydrogen) atoms. The average Bonchev–Trinajstić information content (AvgIpc) is 2.33. The number of rotatable bonds is 4. The molecular formula is C11H17N3OS. The minimum atomic E-state index is 0.870. The van der Waals surface area contributed by atoms with Gasteiger partial charge >= 0.3 is 0 Å². The lowest BCUT2D eigenvalue weighted by atomic mass is 10.4. The third-order valence-electron chi connectivity index (χ3n) is 2.53. The van der Waals surface area contributed by atoms with Gasteiger partial charge in [-0.2, -0.15) is 5.10 Å². The van der Waals surface area contributed by atoms with Crippen LogP contribution >= 0.6 is 11.8 Å². The molecule has 0 bridgehead atoms. The fourth-order valence-corrected chi connectivity index (χ4v) is 2.39. The molecule has 0 amide bonds. The average molecular weight is 239 g/mol. The maximum absolute atomic E-state index is 5.31. The first-order valence-electron chi connectivity index (χ1n) is 5.58. The lowest BCUT2D eigenvalue weighted by molar-refractivity contribution is 0.0410. The Hall–Kier alpha value is -0.650. The molecule has 1 aliphatic heterocycles. The van der Waals surface area contributed by atoms with Crippen LogP contribution in [0.4, 0.5) is 0 Å². The summed E-state index contributed by atoms with van der Waals surface area (Å²) in [6.45, 7) is 6.91. The van der Waals surface area contributed by atoms with E-state index in [-0.39, 0.29) is 0 Å². The Kier molecular flexibility index (Phi) is 4.56. The van der Waals surface area contributed by atoms with Crippen LogP contribution in [0.3, 0.4) is 0 Å². The summed E-state index contributed by atoms with van der Waals surface area (Å²) in [5, 5.41) is 9.18. The molecule has 0 aromatic carbocycles. The van der Waals surface area contributed by atoms with Crippen LogP contribution in [0, 0.1) is 6.92 Å². The van der Waals surface area contributed by atoms with Crippen molar-refractivity contribution in [1.82, 2.24) is 15.1 Å². The third-order valence-corrected chi connectivity index (χ3v) is 3.43. The highest BCUT2D eigenvalue weighted by atomic mass is 32.2. The van der Waals surface area contributed by atoms with E-state index >= 15 is 0 Å². The maximum Gasteiger partial charge on any atom is 0.119 e. The first-order valence-corrected chi connectivity index (χ1v) is 6.56. The first kappa shape index (κ1) is 11.8. The number of ether oxygens (including phenoxy) is 1. The molecule has 1 aromatic heterocycles. The van der Waals surface area contributed by atoms with Crippen molar-refractivity contribution in [2.75, 3.05) is 38.6 Å². The largest absolute Gasteiger partial charge is 0.379 e. The van der Waals surface area contributed by atoms with Gasteiger partial charge in [0, 0.05) is 25.4 Å². The molecule has 0 saturated carbocycles. The summed E-state index contributed by atoms with van der Waals surface area (Å²) in [4.78, 5) is 2.43. The van der Waals surface area contributed by atoms with E-state index in [0.717, 1.165) is 49.3 Å². The van der Waals surface area contributed by atoms with E-state index in [9.17, 15) is 0 Å². The van der Waals surface area contributed by atoms with Crippen LogP contribution in [0.15, 0.2) is 17.2 Å². The molecule has 1 aromatic rings. The van der Waals surface area contributed by atoms with Crippen molar-refractivity contribution >= 4 is 11.8 Å². The highest BCUT2D eigenvalue weighted by Crippen LogP contribution is 2.14. The lowest BCUT2D eigenvalue weighted by Crippen LogP contribution is -2.37. The van der Waals surface area contributed by atoms with Crippen LogP contribution in [0.2, 0.25) is 0 Å². The molecule has 1 fully saturated rings. The Labute approximate surface area is 100 Å². The van der Waals surface area contributed by atoms with E-state index in [1.165, 1.54) is 0 Å². The SMILES string of the molecule is Cc1ccc(SCCN2CCOCC2)nn1. The summed E-state index contributed by atoms with van der Waals surface area (Å²) < 4.78 is 5.31. The Balaban J connectivity index is 1.69. The molecule has 88 valence electrons. The Bertz CT molecular complexity index is 312. The summed E-state index contributed by atoms with van der Waals surface area (Å²) >= 11 is 1.77. The van der Waals surface area contributed by atoms with Gasteiger partial charge in [-0.15, -0.1) is 16.9 Å². The molecule has 4 nitrogen and oxygen atoms in total. The number of nitrogens with zero attached hydrogens (tertiary/aromatic N) is 3. The van der Waals surface area contributed by atoms with Crippen LogP contribution in [0.1, 0.15) is 5.69 Å². The molecule has 2 rings (SSSR count). The summed E-state index contributed by atoms with van der Waals surface area (Å²) in [6.07, 6.45) is 0. The van der Waals surface area contributed by atoms with Gasteiger partial charge in [0.2, 0.25) is 0 Å². The molecule has 5 heteroatoms. The van der Waals surface area contributed by atoms with E-state index in [1.807, 2.05) is 19.1 Å². The molecule has 0 aliphatic carbocycles. The maximum atomic E-state index is 5.31. The predicted octanol–water partition coefficient (Wildman–Crippen LogP) is 1.21. The van der Waals surface area contributed by atoms with Crippen molar-refractivity contribution in [2.24, 2.45) is 0 Å². The normalized spacial score (nSPS) is 17.6.